The Kier molecular flexibility index (Phi) is 4.14. The zero-order chi connectivity index (χ0) is 16.2. The van der Waals surface area contributed by atoms with Gasteiger partial charge in [-0.1, -0.05) is 30.3 Å². The number of esters is 1. The van der Waals surface area contributed by atoms with Gasteiger partial charge >= 0.3 is 12.0 Å². The first-order valence-electron chi connectivity index (χ1n) is 7.18. The average Bonchev–Trinajstić information content (AvgIpc) is 3.07. The number of carbonyl (C=O) groups is 2. The molecule has 1 atom stereocenters. The number of amides is 2. The summed E-state index contributed by atoms with van der Waals surface area (Å²) in [6, 6.07) is 11.7. The highest BCUT2D eigenvalue weighted by molar-refractivity contribution is 5.94. The van der Waals surface area contributed by atoms with Gasteiger partial charge in [0.15, 0.2) is 0 Å². The lowest BCUT2D eigenvalue weighted by Gasteiger charge is -2.26. The minimum Gasteiger partial charge on any atom is -0.467 e. The summed E-state index contributed by atoms with van der Waals surface area (Å²) < 4.78 is 10.7. The van der Waals surface area contributed by atoms with Gasteiger partial charge in [-0.25, -0.2) is 9.59 Å². The van der Waals surface area contributed by atoms with Gasteiger partial charge in [-0.2, -0.15) is 0 Å². The van der Waals surface area contributed by atoms with Crippen molar-refractivity contribution >= 4 is 12.0 Å². The number of hydrogen-bond acceptors (Lipinski definition) is 4. The first kappa shape index (κ1) is 14.9. The number of hydrogen-bond donors (Lipinski definition) is 2. The van der Waals surface area contributed by atoms with Crippen LogP contribution < -0.4 is 10.6 Å². The highest BCUT2D eigenvalue weighted by Gasteiger charge is 2.33. The second-order valence-corrected chi connectivity index (χ2v) is 5.15. The summed E-state index contributed by atoms with van der Waals surface area (Å²) in [6.07, 6.45) is 1.49. The maximum Gasteiger partial charge on any atom is 0.338 e. The van der Waals surface area contributed by atoms with Gasteiger partial charge in [-0.15, -0.1) is 0 Å². The summed E-state index contributed by atoms with van der Waals surface area (Å²) in [5.74, 6) is -0.0221. The number of ether oxygens (including phenoxy) is 1. The summed E-state index contributed by atoms with van der Waals surface area (Å²) in [7, 11) is 0. The number of allylic oxidation sites excluding steroid dienone is 1. The predicted octanol–water partition coefficient (Wildman–Crippen LogP) is 2.65. The van der Waals surface area contributed by atoms with E-state index >= 15 is 0 Å². The van der Waals surface area contributed by atoms with Gasteiger partial charge in [-0.3, -0.25) is 0 Å². The molecule has 0 bridgehead atoms. The third-order valence-electron chi connectivity index (χ3n) is 3.53. The first-order chi connectivity index (χ1) is 11.1. The lowest BCUT2D eigenvalue weighted by molar-refractivity contribution is -0.140. The smallest absolute Gasteiger partial charge is 0.338 e. The maximum absolute atomic E-state index is 12.5. The van der Waals surface area contributed by atoms with Gasteiger partial charge in [0, 0.05) is 5.70 Å². The van der Waals surface area contributed by atoms with E-state index in [1.807, 2.05) is 30.3 Å². The molecule has 6 heteroatoms. The van der Waals surface area contributed by atoms with Gasteiger partial charge < -0.3 is 19.8 Å². The molecule has 1 aliphatic rings. The molecule has 118 valence electrons. The van der Waals surface area contributed by atoms with Crippen molar-refractivity contribution in [1.29, 1.82) is 0 Å². The molecule has 0 fully saturated rings. The number of rotatable bonds is 4. The minimum atomic E-state index is -0.665. The van der Waals surface area contributed by atoms with Gasteiger partial charge in [0.1, 0.15) is 18.4 Å². The van der Waals surface area contributed by atoms with Crippen LogP contribution in [0.4, 0.5) is 4.79 Å². The maximum atomic E-state index is 12.5. The molecule has 0 aliphatic carbocycles. The molecule has 0 saturated heterocycles. The standard InChI is InChI=1S/C17H16N2O4/c1-11-14(16(20)23-10-12-6-3-2-4-7-12)15(19-17(21)18-11)13-8-5-9-22-13/h2-9,15H,10H2,1H3,(H2,18,19,21). The van der Waals surface area contributed by atoms with Crippen molar-refractivity contribution in [3.8, 4) is 0 Å². The second kappa shape index (κ2) is 6.39. The normalized spacial score (nSPS) is 17.4. The van der Waals surface area contributed by atoms with Gasteiger partial charge in [0.05, 0.1) is 11.8 Å². The molecule has 0 saturated carbocycles. The fourth-order valence-corrected chi connectivity index (χ4v) is 2.43. The predicted molar refractivity (Wildman–Crippen MR) is 82.1 cm³/mol. The second-order valence-electron chi connectivity index (χ2n) is 5.15. The Hall–Kier alpha value is -3.02. The minimum absolute atomic E-state index is 0.162. The number of benzene rings is 1. The summed E-state index contributed by atoms with van der Waals surface area (Å²) in [4.78, 5) is 24.2. The molecule has 3 rings (SSSR count). The fourth-order valence-electron chi connectivity index (χ4n) is 2.43. The van der Waals surface area contributed by atoms with Gasteiger partial charge in [-0.05, 0) is 24.6 Å². The van der Waals surface area contributed by atoms with Crippen LogP contribution >= 0.6 is 0 Å². The van der Waals surface area contributed by atoms with Crippen molar-refractivity contribution in [3.63, 3.8) is 0 Å². The van der Waals surface area contributed by atoms with E-state index in [0.29, 0.717) is 17.0 Å². The van der Waals surface area contributed by atoms with Crippen molar-refractivity contribution < 1.29 is 18.7 Å². The quantitative estimate of drug-likeness (QED) is 0.851. The van der Waals surface area contributed by atoms with Crippen LogP contribution in [0.2, 0.25) is 0 Å². The lowest BCUT2D eigenvalue weighted by Crippen LogP contribution is -2.45. The molecular weight excluding hydrogens is 296 g/mol. The van der Waals surface area contributed by atoms with Crippen LogP contribution in [0.3, 0.4) is 0 Å². The van der Waals surface area contributed by atoms with Crippen molar-refractivity contribution in [3.05, 3.63) is 71.3 Å². The molecular formula is C17H16N2O4. The van der Waals surface area contributed by atoms with E-state index in [1.54, 1.807) is 19.1 Å². The molecule has 0 radical (unpaired) electrons. The highest BCUT2D eigenvalue weighted by atomic mass is 16.5. The number of furan rings is 1. The van der Waals surface area contributed by atoms with E-state index in [4.69, 9.17) is 9.15 Å². The Bertz CT molecular complexity index is 735. The van der Waals surface area contributed by atoms with Crippen LogP contribution in [-0.2, 0) is 16.1 Å². The molecule has 2 amide bonds. The number of carbonyl (C=O) groups excluding carboxylic acids is 2. The third kappa shape index (κ3) is 3.26. The molecule has 2 aromatic rings. The molecule has 1 aliphatic heterocycles. The van der Waals surface area contributed by atoms with Crippen LogP contribution in [0.1, 0.15) is 24.3 Å². The average molecular weight is 312 g/mol. The highest BCUT2D eigenvalue weighted by Crippen LogP contribution is 2.28. The molecule has 1 unspecified atom stereocenters. The summed E-state index contributed by atoms with van der Waals surface area (Å²) in [5.41, 5.74) is 1.67. The van der Waals surface area contributed by atoms with E-state index < -0.39 is 12.0 Å². The van der Waals surface area contributed by atoms with E-state index in [9.17, 15) is 9.59 Å². The third-order valence-corrected chi connectivity index (χ3v) is 3.53. The van der Waals surface area contributed by atoms with Crippen LogP contribution in [0.25, 0.3) is 0 Å². The summed E-state index contributed by atoms with van der Waals surface area (Å²) in [6.45, 7) is 1.82. The molecule has 23 heavy (non-hydrogen) atoms. The summed E-state index contributed by atoms with van der Waals surface area (Å²) >= 11 is 0. The van der Waals surface area contributed by atoms with Crippen molar-refractivity contribution in [2.45, 2.75) is 19.6 Å². The van der Waals surface area contributed by atoms with E-state index in [1.165, 1.54) is 6.26 Å². The largest absolute Gasteiger partial charge is 0.467 e. The number of nitrogens with one attached hydrogen (secondary N) is 2. The molecule has 6 nitrogen and oxygen atoms in total. The Morgan fingerprint density at radius 3 is 2.70 bits per heavy atom. The van der Waals surface area contributed by atoms with Gasteiger partial charge in [0.2, 0.25) is 0 Å². The van der Waals surface area contributed by atoms with Crippen LogP contribution in [0.15, 0.2) is 64.4 Å². The molecule has 2 heterocycles. The first-order valence-corrected chi connectivity index (χ1v) is 7.18. The van der Waals surface area contributed by atoms with Crippen molar-refractivity contribution in [1.82, 2.24) is 10.6 Å². The molecule has 1 aromatic heterocycles. The molecule has 1 aromatic carbocycles. The fraction of sp³-hybridized carbons (Fsp3) is 0.176. The van der Waals surface area contributed by atoms with Gasteiger partial charge in [0.25, 0.3) is 0 Å². The number of urea groups is 1. The van der Waals surface area contributed by atoms with E-state index in [-0.39, 0.29) is 12.6 Å². The van der Waals surface area contributed by atoms with Crippen LogP contribution in [0.5, 0.6) is 0 Å². The monoisotopic (exact) mass is 312 g/mol. The van der Waals surface area contributed by atoms with E-state index in [2.05, 4.69) is 10.6 Å². The van der Waals surface area contributed by atoms with Crippen LogP contribution in [-0.4, -0.2) is 12.0 Å². The Labute approximate surface area is 133 Å². The SMILES string of the molecule is CC1=C(C(=O)OCc2ccccc2)C(c2ccco2)NC(=O)N1. The Morgan fingerprint density at radius 1 is 1.22 bits per heavy atom. The van der Waals surface area contributed by atoms with Crippen LogP contribution in [0, 0.1) is 0 Å². The van der Waals surface area contributed by atoms with Crippen molar-refractivity contribution in [2.24, 2.45) is 0 Å². The Balaban J connectivity index is 1.81. The van der Waals surface area contributed by atoms with Crippen molar-refractivity contribution in [2.75, 3.05) is 0 Å². The zero-order valence-electron chi connectivity index (χ0n) is 12.5. The lowest BCUT2D eigenvalue weighted by atomic mass is 10.0. The van der Waals surface area contributed by atoms with E-state index in [0.717, 1.165) is 5.56 Å². The summed E-state index contributed by atoms with van der Waals surface area (Å²) in [5, 5.41) is 5.26. The molecule has 0 spiro atoms. The molecule has 2 N–H and O–H groups in total. The Morgan fingerprint density at radius 2 is 2.00 bits per heavy atom. The zero-order valence-corrected chi connectivity index (χ0v) is 12.5. The topological polar surface area (TPSA) is 80.6 Å².